The molecule has 1 N–H and O–H groups in total. The lowest BCUT2D eigenvalue weighted by Crippen LogP contribution is -1.96. The van der Waals surface area contributed by atoms with Crippen molar-refractivity contribution in [2.45, 2.75) is 6.92 Å². The van der Waals surface area contributed by atoms with Gasteiger partial charge in [-0.2, -0.15) is 0 Å². The van der Waals surface area contributed by atoms with Gasteiger partial charge in [-0.05, 0) is 47.5 Å². The first-order valence-electron chi connectivity index (χ1n) is 4.93. The summed E-state index contributed by atoms with van der Waals surface area (Å²) in [6, 6.07) is 8.88. The van der Waals surface area contributed by atoms with Crippen molar-refractivity contribution in [2.75, 3.05) is 7.11 Å². The summed E-state index contributed by atoms with van der Waals surface area (Å²) in [5.41, 5.74) is 1.32. The second-order valence-corrected chi connectivity index (χ2v) is 3.69. The molecule has 2 aromatic rings. The predicted octanol–water partition coefficient (Wildman–Crippen LogP) is 2.86. The Balaban J connectivity index is 2.70. The van der Waals surface area contributed by atoms with E-state index in [9.17, 15) is 4.79 Å². The van der Waals surface area contributed by atoms with Gasteiger partial charge in [0, 0.05) is 0 Å². The Bertz CT molecular complexity index is 558. The molecular formula is C13H12O3. The van der Waals surface area contributed by atoms with E-state index >= 15 is 0 Å². The van der Waals surface area contributed by atoms with Crippen LogP contribution < -0.4 is 4.74 Å². The summed E-state index contributed by atoms with van der Waals surface area (Å²) >= 11 is 0. The summed E-state index contributed by atoms with van der Waals surface area (Å²) in [5, 5.41) is 10.8. The monoisotopic (exact) mass is 216 g/mol. The molecule has 0 saturated heterocycles. The molecule has 2 rings (SSSR count). The van der Waals surface area contributed by atoms with Gasteiger partial charge < -0.3 is 9.84 Å². The van der Waals surface area contributed by atoms with Crippen molar-refractivity contribution in [3.05, 3.63) is 41.5 Å². The SMILES string of the molecule is COc1cc(C)c2cc(C(=O)O)ccc2c1. The molecule has 0 heterocycles. The van der Waals surface area contributed by atoms with Crippen molar-refractivity contribution in [1.82, 2.24) is 0 Å². The third-order valence-electron chi connectivity index (χ3n) is 2.62. The molecule has 0 aliphatic carbocycles. The van der Waals surface area contributed by atoms with Crippen LogP contribution in [0.15, 0.2) is 30.3 Å². The first-order valence-corrected chi connectivity index (χ1v) is 4.93. The maximum atomic E-state index is 10.9. The molecular weight excluding hydrogens is 204 g/mol. The number of carboxylic acid groups (broad SMARTS) is 1. The fourth-order valence-electron chi connectivity index (χ4n) is 1.76. The molecule has 82 valence electrons. The minimum Gasteiger partial charge on any atom is -0.497 e. The Morgan fingerprint density at radius 3 is 2.62 bits per heavy atom. The molecule has 2 aromatic carbocycles. The van der Waals surface area contributed by atoms with E-state index in [2.05, 4.69) is 0 Å². The molecule has 0 radical (unpaired) electrons. The number of fused-ring (bicyclic) bond motifs is 1. The normalized spacial score (nSPS) is 10.4. The van der Waals surface area contributed by atoms with E-state index in [0.29, 0.717) is 5.56 Å². The van der Waals surface area contributed by atoms with E-state index in [1.54, 1.807) is 25.3 Å². The van der Waals surface area contributed by atoms with Crippen LogP contribution in [0.25, 0.3) is 10.8 Å². The number of methoxy groups -OCH3 is 1. The number of ether oxygens (including phenoxy) is 1. The second kappa shape index (κ2) is 3.85. The van der Waals surface area contributed by atoms with Gasteiger partial charge >= 0.3 is 5.97 Å². The number of carboxylic acids is 1. The molecule has 0 aliphatic rings. The quantitative estimate of drug-likeness (QED) is 0.839. The second-order valence-electron chi connectivity index (χ2n) is 3.69. The number of hydrogen-bond acceptors (Lipinski definition) is 2. The van der Waals surface area contributed by atoms with E-state index in [-0.39, 0.29) is 0 Å². The van der Waals surface area contributed by atoms with Crippen LogP contribution in [0.5, 0.6) is 5.75 Å². The van der Waals surface area contributed by atoms with Crippen molar-refractivity contribution in [3.8, 4) is 5.75 Å². The molecule has 3 nitrogen and oxygen atoms in total. The van der Waals surface area contributed by atoms with Crippen LogP contribution in [-0.4, -0.2) is 18.2 Å². The van der Waals surface area contributed by atoms with Gasteiger partial charge in [0.1, 0.15) is 5.75 Å². The fraction of sp³-hybridized carbons (Fsp3) is 0.154. The molecule has 3 heteroatoms. The lowest BCUT2D eigenvalue weighted by atomic mass is 10.0. The van der Waals surface area contributed by atoms with E-state index in [1.807, 2.05) is 19.1 Å². The van der Waals surface area contributed by atoms with Gasteiger partial charge in [-0.3, -0.25) is 0 Å². The van der Waals surface area contributed by atoms with Gasteiger partial charge in [0.15, 0.2) is 0 Å². The summed E-state index contributed by atoms with van der Waals surface area (Å²) in [4.78, 5) is 10.9. The van der Waals surface area contributed by atoms with Crippen molar-refractivity contribution >= 4 is 16.7 Å². The Morgan fingerprint density at radius 2 is 2.00 bits per heavy atom. The zero-order valence-corrected chi connectivity index (χ0v) is 9.15. The number of rotatable bonds is 2. The van der Waals surface area contributed by atoms with Crippen LogP contribution in [0, 0.1) is 6.92 Å². The zero-order chi connectivity index (χ0) is 11.7. The maximum Gasteiger partial charge on any atom is 0.335 e. The van der Waals surface area contributed by atoms with E-state index in [0.717, 1.165) is 22.1 Å². The average molecular weight is 216 g/mol. The number of aromatic carboxylic acids is 1. The predicted molar refractivity (Wildman–Crippen MR) is 62.2 cm³/mol. The lowest BCUT2D eigenvalue weighted by molar-refractivity contribution is 0.0697. The Labute approximate surface area is 93.3 Å². The standard InChI is InChI=1S/C13H12O3/c1-8-5-11(16-2)6-9-3-4-10(13(14)15)7-12(8)9/h3-7H,1-2H3,(H,14,15). The van der Waals surface area contributed by atoms with Crippen molar-refractivity contribution < 1.29 is 14.6 Å². The molecule has 0 aliphatic heterocycles. The molecule has 0 unspecified atom stereocenters. The van der Waals surface area contributed by atoms with Crippen molar-refractivity contribution in [3.63, 3.8) is 0 Å². The molecule has 0 spiro atoms. The minimum absolute atomic E-state index is 0.306. The van der Waals surface area contributed by atoms with Crippen molar-refractivity contribution in [1.29, 1.82) is 0 Å². The topological polar surface area (TPSA) is 46.5 Å². The largest absolute Gasteiger partial charge is 0.497 e. The third-order valence-corrected chi connectivity index (χ3v) is 2.62. The number of hydrogen-bond donors (Lipinski definition) is 1. The molecule has 0 fully saturated rings. The van der Waals surface area contributed by atoms with Gasteiger partial charge in [0.2, 0.25) is 0 Å². The zero-order valence-electron chi connectivity index (χ0n) is 9.15. The molecule has 16 heavy (non-hydrogen) atoms. The Kier molecular flexibility index (Phi) is 2.52. The van der Waals surface area contributed by atoms with Crippen LogP contribution in [0.1, 0.15) is 15.9 Å². The maximum absolute atomic E-state index is 10.9. The van der Waals surface area contributed by atoms with Gasteiger partial charge in [-0.1, -0.05) is 6.07 Å². The highest BCUT2D eigenvalue weighted by Crippen LogP contribution is 2.25. The fourth-order valence-corrected chi connectivity index (χ4v) is 1.76. The van der Waals surface area contributed by atoms with Crippen molar-refractivity contribution in [2.24, 2.45) is 0 Å². The van der Waals surface area contributed by atoms with E-state index < -0.39 is 5.97 Å². The summed E-state index contributed by atoms with van der Waals surface area (Å²) in [7, 11) is 1.62. The summed E-state index contributed by atoms with van der Waals surface area (Å²) in [5.74, 6) is -0.120. The molecule has 0 saturated carbocycles. The summed E-state index contributed by atoms with van der Waals surface area (Å²) in [6.45, 7) is 1.94. The van der Waals surface area contributed by atoms with Crippen LogP contribution in [0.2, 0.25) is 0 Å². The Morgan fingerprint density at radius 1 is 1.25 bits per heavy atom. The number of carbonyl (C=O) groups is 1. The Hall–Kier alpha value is -2.03. The van der Waals surface area contributed by atoms with Gasteiger partial charge in [0.25, 0.3) is 0 Å². The first-order chi connectivity index (χ1) is 7.61. The third kappa shape index (κ3) is 1.72. The molecule has 0 bridgehead atoms. The smallest absolute Gasteiger partial charge is 0.335 e. The minimum atomic E-state index is -0.905. The van der Waals surface area contributed by atoms with Crippen LogP contribution in [0.4, 0.5) is 0 Å². The number of aryl methyl sites for hydroxylation is 1. The molecule has 0 amide bonds. The van der Waals surface area contributed by atoms with Gasteiger partial charge in [-0.15, -0.1) is 0 Å². The summed E-state index contributed by atoms with van der Waals surface area (Å²) in [6.07, 6.45) is 0. The van der Waals surface area contributed by atoms with E-state index in [4.69, 9.17) is 9.84 Å². The highest BCUT2D eigenvalue weighted by atomic mass is 16.5. The van der Waals surface area contributed by atoms with Crippen LogP contribution in [-0.2, 0) is 0 Å². The van der Waals surface area contributed by atoms with Gasteiger partial charge in [-0.25, -0.2) is 4.79 Å². The van der Waals surface area contributed by atoms with Crippen LogP contribution in [0.3, 0.4) is 0 Å². The number of benzene rings is 2. The lowest BCUT2D eigenvalue weighted by Gasteiger charge is -2.07. The molecule has 0 atom stereocenters. The van der Waals surface area contributed by atoms with Crippen LogP contribution >= 0.6 is 0 Å². The average Bonchev–Trinajstić information content (AvgIpc) is 2.28. The highest BCUT2D eigenvalue weighted by Gasteiger charge is 2.06. The molecule has 0 aromatic heterocycles. The van der Waals surface area contributed by atoms with Gasteiger partial charge in [0.05, 0.1) is 12.7 Å². The van der Waals surface area contributed by atoms with E-state index in [1.165, 1.54) is 0 Å². The first kappa shape index (κ1) is 10.5. The summed E-state index contributed by atoms with van der Waals surface area (Å²) < 4.78 is 5.16. The highest BCUT2D eigenvalue weighted by molar-refractivity contribution is 5.96.